The highest BCUT2D eigenvalue weighted by molar-refractivity contribution is 9.10. The average Bonchev–Trinajstić information content (AvgIpc) is 2.86. The number of rotatable bonds is 2. The van der Waals surface area contributed by atoms with Crippen molar-refractivity contribution in [1.29, 1.82) is 0 Å². The molecule has 0 unspecified atom stereocenters. The summed E-state index contributed by atoms with van der Waals surface area (Å²) in [7, 11) is 0. The molecule has 4 nitrogen and oxygen atoms in total. The second kappa shape index (κ2) is 4.85. The molecule has 3 rings (SSSR count). The number of nitrogens with zero attached hydrogens (tertiary/aromatic N) is 1. The van der Waals surface area contributed by atoms with Gasteiger partial charge < -0.3 is 10.3 Å². The Labute approximate surface area is 118 Å². The SMILES string of the molecule is O=C(Nc1cnc2[nH]ccc2c1)c1ccccc1Br. The lowest BCUT2D eigenvalue weighted by Gasteiger charge is -2.06. The minimum atomic E-state index is -0.163. The van der Waals surface area contributed by atoms with Gasteiger partial charge in [-0.3, -0.25) is 4.79 Å². The maximum atomic E-state index is 12.1. The number of aromatic amines is 1. The van der Waals surface area contributed by atoms with Crippen molar-refractivity contribution in [1.82, 2.24) is 9.97 Å². The van der Waals surface area contributed by atoms with Crippen LogP contribution in [-0.4, -0.2) is 15.9 Å². The van der Waals surface area contributed by atoms with Gasteiger partial charge in [-0.25, -0.2) is 4.98 Å². The second-order valence-electron chi connectivity index (χ2n) is 4.07. The van der Waals surface area contributed by atoms with Gasteiger partial charge >= 0.3 is 0 Å². The molecule has 1 aromatic carbocycles. The molecular weight excluding hydrogens is 306 g/mol. The number of nitrogens with one attached hydrogen (secondary N) is 2. The van der Waals surface area contributed by atoms with Gasteiger partial charge in [0.15, 0.2) is 0 Å². The highest BCUT2D eigenvalue weighted by Gasteiger charge is 2.09. The van der Waals surface area contributed by atoms with Gasteiger partial charge in [0.1, 0.15) is 5.65 Å². The number of hydrogen-bond donors (Lipinski definition) is 2. The van der Waals surface area contributed by atoms with Crippen LogP contribution in [0.25, 0.3) is 11.0 Å². The Bertz CT molecular complexity index is 751. The Morgan fingerprint density at radius 3 is 2.95 bits per heavy atom. The largest absolute Gasteiger partial charge is 0.346 e. The molecule has 2 N–H and O–H groups in total. The zero-order chi connectivity index (χ0) is 13.2. The van der Waals surface area contributed by atoms with Crippen molar-refractivity contribution < 1.29 is 4.79 Å². The molecule has 0 aliphatic carbocycles. The van der Waals surface area contributed by atoms with Crippen molar-refractivity contribution in [3.8, 4) is 0 Å². The van der Waals surface area contributed by atoms with Gasteiger partial charge in [0.2, 0.25) is 0 Å². The van der Waals surface area contributed by atoms with Crippen LogP contribution in [0.1, 0.15) is 10.4 Å². The van der Waals surface area contributed by atoms with Crippen molar-refractivity contribution in [2.24, 2.45) is 0 Å². The number of halogens is 1. The van der Waals surface area contributed by atoms with Crippen LogP contribution in [0.5, 0.6) is 0 Å². The minimum absolute atomic E-state index is 0.163. The summed E-state index contributed by atoms with van der Waals surface area (Å²) in [6, 6.07) is 11.1. The molecule has 0 aliphatic heterocycles. The van der Waals surface area contributed by atoms with E-state index in [-0.39, 0.29) is 5.91 Å². The summed E-state index contributed by atoms with van der Waals surface area (Å²) in [6.07, 6.45) is 3.45. The van der Waals surface area contributed by atoms with Gasteiger partial charge in [-0.15, -0.1) is 0 Å². The van der Waals surface area contributed by atoms with Crippen LogP contribution in [-0.2, 0) is 0 Å². The van der Waals surface area contributed by atoms with E-state index in [1.54, 1.807) is 12.3 Å². The summed E-state index contributed by atoms with van der Waals surface area (Å²) in [5.74, 6) is -0.163. The normalized spacial score (nSPS) is 10.6. The zero-order valence-corrected chi connectivity index (χ0v) is 11.4. The molecule has 0 radical (unpaired) electrons. The number of pyridine rings is 1. The van der Waals surface area contributed by atoms with Crippen LogP contribution in [0, 0.1) is 0 Å². The summed E-state index contributed by atoms with van der Waals surface area (Å²) < 4.78 is 0.767. The number of carbonyl (C=O) groups excluding carboxylic acids is 1. The predicted octanol–water partition coefficient (Wildman–Crippen LogP) is 3.58. The standard InChI is InChI=1S/C14H10BrN3O/c15-12-4-2-1-3-11(12)14(19)18-10-7-9-5-6-16-13(9)17-8-10/h1-8H,(H,16,17)(H,18,19). The lowest BCUT2D eigenvalue weighted by Crippen LogP contribution is -2.12. The Hall–Kier alpha value is -2.14. The summed E-state index contributed by atoms with van der Waals surface area (Å²) in [5.41, 5.74) is 2.07. The summed E-state index contributed by atoms with van der Waals surface area (Å²) in [5, 5.41) is 3.80. The van der Waals surface area contributed by atoms with E-state index in [4.69, 9.17) is 0 Å². The Morgan fingerprint density at radius 1 is 1.26 bits per heavy atom. The fraction of sp³-hybridized carbons (Fsp3) is 0. The smallest absolute Gasteiger partial charge is 0.256 e. The van der Waals surface area contributed by atoms with Gasteiger partial charge in [-0.05, 0) is 40.2 Å². The molecule has 0 fully saturated rings. The number of carbonyl (C=O) groups is 1. The van der Waals surface area contributed by atoms with Crippen LogP contribution < -0.4 is 5.32 Å². The summed E-state index contributed by atoms with van der Waals surface area (Å²) >= 11 is 3.36. The number of hydrogen-bond acceptors (Lipinski definition) is 2. The van der Waals surface area contributed by atoms with E-state index in [2.05, 4.69) is 31.2 Å². The molecule has 3 aromatic rings. The fourth-order valence-electron chi connectivity index (χ4n) is 1.85. The molecule has 0 bridgehead atoms. The third-order valence-corrected chi connectivity index (χ3v) is 3.47. The first-order valence-corrected chi connectivity index (χ1v) is 6.52. The first kappa shape index (κ1) is 11.9. The van der Waals surface area contributed by atoms with Crippen molar-refractivity contribution in [3.05, 3.63) is 58.8 Å². The molecule has 2 heterocycles. The molecule has 0 saturated heterocycles. The Balaban J connectivity index is 1.88. The van der Waals surface area contributed by atoms with Crippen LogP contribution in [0.4, 0.5) is 5.69 Å². The summed E-state index contributed by atoms with van der Waals surface area (Å²) in [6.45, 7) is 0. The quantitative estimate of drug-likeness (QED) is 0.759. The molecule has 94 valence electrons. The first-order valence-electron chi connectivity index (χ1n) is 5.73. The van der Waals surface area contributed by atoms with E-state index in [0.717, 1.165) is 15.5 Å². The number of fused-ring (bicyclic) bond motifs is 1. The van der Waals surface area contributed by atoms with Crippen molar-refractivity contribution in [2.75, 3.05) is 5.32 Å². The van der Waals surface area contributed by atoms with Crippen molar-refractivity contribution in [2.45, 2.75) is 0 Å². The van der Waals surface area contributed by atoms with Crippen molar-refractivity contribution >= 4 is 38.6 Å². The van der Waals surface area contributed by atoms with Crippen LogP contribution >= 0.6 is 15.9 Å². The molecule has 1 amide bonds. The molecule has 19 heavy (non-hydrogen) atoms. The molecule has 0 spiro atoms. The lowest BCUT2D eigenvalue weighted by molar-refractivity contribution is 0.102. The van der Waals surface area contributed by atoms with E-state index in [0.29, 0.717) is 11.3 Å². The molecule has 0 aliphatic rings. The van der Waals surface area contributed by atoms with E-state index in [9.17, 15) is 4.79 Å². The summed E-state index contributed by atoms with van der Waals surface area (Å²) in [4.78, 5) is 19.4. The average molecular weight is 316 g/mol. The molecule has 0 atom stereocenters. The number of benzene rings is 1. The number of amides is 1. The highest BCUT2D eigenvalue weighted by atomic mass is 79.9. The molecule has 2 aromatic heterocycles. The zero-order valence-electron chi connectivity index (χ0n) is 9.85. The first-order chi connectivity index (χ1) is 9.24. The highest BCUT2D eigenvalue weighted by Crippen LogP contribution is 2.19. The van der Waals surface area contributed by atoms with Crippen LogP contribution in [0.15, 0.2) is 53.3 Å². The van der Waals surface area contributed by atoms with Gasteiger partial charge in [-0.1, -0.05) is 12.1 Å². The monoisotopic (exact) mass is 315 g/mol. The third-order valence-electron chi connectivity index (χ3n) is 2.78. The van der Waals surface area contributed by atoms with Gasteiger partial charge in [0.25, 0.3) is 5.91 Å². The fourth-order valence-corrected chi connectivity index (χ4v) is 2.32. The van der Waals surface area contributed by atoms with E-state index >= 15 is 0 Å². The van der Waals surface area contributed by atoms with Gasteiger partial charge in [0.05, 0.1) is 17.4 Å². The molecule has 5 heteroatoms. The molecular formula is C14H10BrN3O. The van der Waals surface area contributed by atoms with E-state index in [1.807, 2.05) is 36.5 Å². The van der Waals surface area contributed by atoms with Crippen LogP contribution in [0.2, 0.25) is 0 Å². The van der Waals surface area contributed by atoms with Crippen molar-refractivity contribution in [3.63, 3.8) is 0 Å². The van der Waals surface area contributed by atoms with Gasteiger partial charge in [-0.2, -0.15) is 0 Å². The lowest BCUT2D eigenvalue weighted by atomic mass is 10.2. The maximum Gasteiger partial charge on any atom is 0.256 e. The number of aromatic nitrogens is 2. The van der Waals surface area contributed by atoms with E-state index in [1.165, 1.54) is 0 Å². The van der Waals surface area contributed by atoms with Crippen LogP contribution in [0.3, 0.4) is 0 Å². The topological polar surface area (TPSA) is 57.8 Å². The Kier molecular flexibility index (Phi) is 3.05. The third kappa shape index (κ3) is 2.37. The number of anilines is 1. The van der Waals surface area contributed by atoms with Gasteiger partial charge in [0, 0.05) is 16.1 Å². The predicted molar refractivity (Wildman–Crippen MR) is 78.2 cm³/mol. The maximum absolute atomic E-state index is 12.1. The minimum Gasteiger partial charge on any atom is -0.346 e. The Morgan fingerprint density at radius 2 is 2.11 bits per heavy atom. The number of H-pyrrole nitrogens is 1. The molecule has 0 saturated carbocycles. The van der Waals surface area contributed by atoms with E-state index < -0.39 is 0 Å². The second-order valence-corrected chi connectivity index (χ2v) is 4.93.